The second-order valence-electron chi connectivity index (χ2n) is 7.26. The Morgan fingerprint density at radius 3 is 2.37 bits per heavy atom. The Kier molecular flexibility index (Phi) is 4.56. The summed E-state index contributed by atoms with van der Waals surface area (Å²) in [5, 5.41) is 8.25. The van der Waals surface area contributed by atoms with Crippen molar-refractivity contribution in [3.8, 4) is 11.1 Å². The van der Waals surface area contributed by atoms with Crippen molar-refractivity contribution in [2.45, 2.75) is 25.7 Å². The SMILES string of the molecule is Cc1ccc(-c2ccc(F)cc2)c(N2CCC(c3nnc(N)n3C)CC2)c1. The van der Waals surface area contributed by atoms with Crippen molar-refractivity contribution in [2.75, 3.05) is 23.7 Å². The fourth-order valence-electron chi connectivity index (χ4n) is 3.86. The molecule has 0 unspecified atom stereocenters. The van der Waals surface area contributed by atoms with Gasteiger partial charge in [0.2, 0.25) is 5.95 Å². The van der Waals surface area contributed by atoms with Crippen LogP contribution >= 0.6 is 0 Å². The topological polar surface area (TPSA) is 60.0 Å². The molecule has 0 spiro atoms. The molecule has 0 bridgehead atoms. The van der Waals surface area contributed by atoms with Gasteiger partial charge in [-0.15, -0.1) is 10.2 Å². The molecule has 1 fully saturated rings. The Morgan fingerprint density at radius 1 is 1.04 bits per heavy atom. The molecule has 0 radical (unpaired) electrons. The Bertz CT molecular complexity index is 940. The molecule has 0 saturated carbocycles. The minimum absolute atomic E-state index is 0.212. The lowest BCUT2D eigenvalue weighted by Crippen LogP contribution is -2.34. The van der Waals surface area contributed by atoms with Gasteiger partial charge in [0.15, 0.2) is 0 Å². The lowest BCUT2D eigenvalue weighted by molar-refractivity contribution is 0.475. The lowest BCUT2D eigenvalue weighted by atomic mass is 9.93. The minimum Gasteiger partial charge on any atom is -0.371 e. The van der Waals surface area contributed by atoms with E-state index in [-0.39, 0.29) is 5.82 Å². The van der Waals surface area contributed by atoms with Crippen LogP contribution in [0.5, 0.6) is 0 Å². The summed E-state index contributed by atoms with van der Waals surface area (Å²) in [4.78, 5) is 2.42. The Balaban J connectivity index is 1.58. The van der Waals surface area contributed by atoms with Crippen LogP contribution in [0.1, 0.15) is 30.1 Å². The summed E-state index contributed by atoms with van der Waals surface area (Å²) in [6.45, 7) is 3.98. The highest BCUT2D eigenvalue weighted by atomic mass is 19.1. The van der Waals surface area contributed by atoms with Crippen molar-refractivity contribution < 1.29 is 4.39 Å². The first-order chi connectivity index (χ1) is 13.0. The van der Waals surface area contributed by atoms with Crippen molar-refractivity contribution in [2.24, 2.45) is 7.05 Å². The highest BCUT2D eigenvalue weighted by Gasteiger charge is 2.26. The lowest BCUT2D eigenvalue weighted by Gasteiger charge is -2.34. The highest BCUT2D eigenvalue weighted by molar-refractivity contribution is 5.79. The van der Waals surface area contributed by atoms with E-state index in [1.807, 2.05) is 23.7 Å². The van der Waals surface area contributed by atoms with E-state index >= 15 is 0 Å². The van der Waals surface area contributed by atoms with Gasteiger partial charge < -0.3 is 15.2 Å². The van der Waals surface area contributed by atoms with E-state index in [4.69, 9.17) is 5.73 Å². The molecule has 4 rings (SSSR count). The zero-order chi connectivity index (χ0) is 19.0. The summed E-state index contributed by atoms with van der Waals surface area (Å²) in [5.41, 5.74) is 10.4. The molecule has 1 aliphatic rings. The number of aryl methyl sites for hydroxylation is 1. The molecule has 2 heterocycles. The molecule has 27 heavy (non-hydrogen) atoms. The molecular formula is C21H24FN5. The summed E-state index contributed by atoms with van der Waals surface area (Å²) >= 11 is 0. The summed E-state index contributed by atoms with van der Waals surface area (Å²) in [6, 6.07) is 13.2. The molecule has 0 amide bonds. The van der Waals surface area contributed by atoms with Gasteiger partial charge in [0.1, 0.15) is 11.6 Å². The third-order valence-electron chi connectivity index (χ3n) is 5.45. The number of benzene rings is 2. The van der Waals surface area contributed by atoms with Crippen LogP contribution in [0.2, 0.25) is 0 Å². The normalized spacial score (nSPS) is 15.3. The van der Waals surface area contributed by atoms with E-state index in [0.29, 0.717) is 11.9 Å². The van der Waals surface area contributed by atoms with Gasteiger partial charge in [0, 0.05) is 37.3 Å². The maximum atomic E-state index is 13.3. The molecular weight excluding hydrogens is 341 g/mol. The van der Waals surface area contributed by atoms with Crippen LogP contribution in [-0.2, 0) is 7.05 Å². The van der Waals surface area contributed by atoms with Gasteiger partial charge >= 0.3 is 0 Å². The van der Waals surface area contributed by atoms with E-state index in [1.165, 1.54) is 23.4 Å². The molecule has 5 nitrogen and oxygen atoms in total. The Hall–Kier alpha value is -2.89. The fraction of sp³-hybridized carbons (Fsp3) is 0.333. The second-order valence-corrected chi connectivity index (χ2v) is 7.26. The Labute approximate surface area is 158 Å². The van der Waals surface area contributed by atoms with Gasteiger partial charge in [-0.25, -0.2) is 4.39 Å². The monoisotopic (exact) mass is 365 g/mol. The number of halogens is 1. The van der Waals surface area contributed by atoms with Gasteiger partial charge in [-0.05, 0) is 49.1 Å². The van der Waals surface area contributed by atoms with E-state index < -0.39 is 0 Å². The van der Waals surface area contributed by atoms with Crippen LogP contribution in [-0.4, -0.2) is 27.9 Å². The molecule has 3 aromatic rings. The fourth-order valence-corrected chi connectivity index (χ4v) is 3.86. The summed E-state index contributed by atoms with van der Waals surface area (Å²) < 4.78 is 15.2. The quantitative estimate of drug-likeness (QED) is 0.765. The number of hydrogen-bond acceptors (Lipinski definition) is 4. The number of nitrogen functional groups attached to an aromatic ring is 1. The zero-order valence-corrected chi connectivity index (χ0v) is 15.7. The first-order valence-electron chi connectivity index (χ1n) is 9.29. The zero-order valence-electron chi connectivity index (χ0n) is 15.7. The largest absolute Gasteiger partial charge is 0.371 e. The van der Waals surface area contributed by atoms with Crippen molar-refractivity contribution in [3.63, 3.8) is 0 Å². The third kappa shape index (κ3) is 3.39. The number of piperidine rings is 1. The first kappa shape index (κ1) is 17.5. The van der Waals surface area contributed by atoms with Crippen LogP contribution < -0.4 is 10.6 Å². The first-order valence-corrected chi connectivity index (χ1v) is 9.29. The second kappa shape index (κ2) is 7.02. The molecule has 1 aliphatic heterocycles. The molecule has 1 saturated heterocycles. The van der Waals surface area contributed by atoms with Crippen LogP contribution in [0.4, 0.5) is 16.0 Å². The highest BCUT2D eigenvalue weighted by Crippen LogP contribution is 2.36. The average molecular weight is 365 g/mol. The van der Waals surface area contributed by atoms with Crippen molar-refractivity contribution >= 4 is 11.6 Å². The van der Waals surface area contributed by atoms with Crippen LogP contribution in [0.25, 0.3) is 11.1 Å². The predicted molar refractivity (Wildman–Crippen MR) is 106 cm³/mol. The van der Waals surface area contributed by atoms with Gasteiger partial charge in [-0.3, -0.25) is 0 Å². The molecule has 2 N–H and O–H groups in total. The molecule has 1 aromatic heterocycles. The van der Waals surface area contributed by atoms with Gasteiger partial charge in [-0.1, -0.05) is 24.3 Å². The summed E-state index contributed by atoms with van der Waals surface area (Å²) in [6.07, 6.45) is 2.01. The number of anilines is 2. The summed E-state index contributed by atoms with van der Waals surface area (Å²) in [5.74, 6) is 1.59. The maximum Gasteiger partial charge on any atom is 0.221 e. The minimum atomic E-state index is -0.212. The maximum absolute atomic E-state index is 13.3. The summed E-state index contributed by atoms with van der Waals surface area (Å²) in [7, 11) is 1.92. The molecule has 0 atom stereocenters. The number of aromatic nitrogens is 3. The van der Waals surface area contributed by atoms with Crippen LogP contribution in [0, 0.1) is 12.7 Å². The van der Waals surface area contributed by atoms with Crippen molar-refractivity contribution in [1.29, 1.82) is 0 Å². The van der Waals surface area contributed by atoms with Gasteiger partial charge in [-0.2, -0.15) is 0 Å². The van der Waals surface area contributed by atoms with E-state index in [2.05, 4.69) is 40.2 Å². The van der Waals surface area contributed by atoms with Crippen LogP contribution in [0.15, 0.2) is 42.5 Å². The number of nitrogens with two attached hydrogens (primary N) is 1. The standard InChI is InChI=1S/C21H24FN5/c1-14-3-8-18(15-4-6-17(22)7-5-15)19(13-14)27-11-9-16(10-12-27)20-24-25-21(23)26(20)2/h3-8,13,16H,9-12H2,1-2H3,(H2,23,25). The molecule has 0 aliphatic carbocycles. The smallest absolute Gasteiger partial charge is 0.221 e. The van der Waals surface area contributed by atoms with Gasteiger partial charge in [0.05, 0.1) is 0 Å². The van der Waals surface area contributed by atoms with E-state index in [0.717, 1.165) is 42.9 Å². The number of nitrogens with zero attached hydrogens (tertiary/aromatic N) is 4. The molecule has 140 valence electrons. The molecule has 2 aromatic carbocycles. The number of hydrogen-bond donors (Lipinski definition) is 1. The Morgan fingerprint density at radius 2 is 1.74 bits per heavy atom. The predicted octanol–water partition coefficient (Wildman–Crippen LogP) is 3.90. The van der Waals surface area contributed by atoms with E-state index in [1.54, 1.807) is 0 Å². The van der Waals surface area contributed by atoms with Crippen molar-refractivity contribution in [3.05, 3.63) is 59.7 Å². The third-order valence-corrected chi connectivity index (χ3v) is 5.45. The van der Waals surface area contributed by atoms with Crippen LogP contribution in [0.3, 0.4) is 0 Å². The van der Waals surface area contributed by atoms with E-state index in [9.17, 15) is 4.39 Å². The average Bonchev–Trinajstić information content (AvgIpc) is 3.01. The van der Waals surface area contributed by atoms with Crippen molar-refractivity contribution in [1.82, 2.24) is 14.8 Å². The van der Waals surface area contributed by atoms with Gasteiger partial charge in [0.25, 0.3) is 0 Å². The number of rotatable bonds is 3. The molecule has 6 heteroatoms.